The standard InChI is InChI=1S/C13H21NO2/c1-2-3-4-5-8-13(16)14-9-6-7-12(10-14)11-15/h1,12,15H,3-11H2. The Morgan fingerprint density at radius 2 is 2.31 bits per heavy atom. The van der Waals surface area contributed by atoms with Crippen LogP contribution in [0.25, 0.3) is 0 Å². The van der Waals surface area contributed by atoms with Crippen molar-refractivity contribution >= 4 is 5.91 Å². The number of carbonyl (C=O) groups excluding carboxylic acids is 1. The third-order valence-corrected chi connectivity index (χ3v) is 3.09. The largest absolute Gasteiger partial charge is 0.396 e. The molecule has 0 bridgehead atoms. The molecule has 1 N–H and O–H groups in total. The molecule has 1 aliphatic rings. The van der Waals surface area contributed by atoms with E-state index in [1.807, 2.05) is 4.90 Å². The van der Waals surface area contributed by atoms with E-state index in [0.717, 1.165) is 45.2 Å². The molecule has 0 aromatic rings. The molecule has 0 saturated carbocycles. The number of nitrogens with zero attached hydrogens (tertiary/aromatic N) is 1. The van der Waals surface area contributed by atoms with Gasteiger partial charge in [-0.05, 0) is 31.6 Å². The fraction of sp³-hybridized carbons (Fsp3) is 0.769. The average Bonchev–Trinajstić information content (AvgIpc) is 2.34. The van der Waals surface area contributed by atoms with E-state index in [1.165, 1.54) is 0 Å². The van der Waals surface area contributed by atoms with E-state index in [1.54, 1.807) is 0 Å². The zero-order chi connectivity index (χ0) is 11.8. The summed E-state index contributed by atoms with van der Waals surface area (Å²) in [6, 6.07) is 0. The SMILES string of the molecule is C#CCCCCC(=O)N1CCCC(CO)C1. The van der Waals surface area contributed by atoms with E-state index in [2.05, 4.69) is 5.92 Å². The molecule has 1 saturated heterocycles. The molecule has 0 aromatic heterocycles. The second-order valence-electron chi connectivity index (χ2n) is 4.44. The fourth-order valence-electron chi connectivity index (χ4n) is 2.10. The van der Waals surface area contributed by atoms with Crippen molar-refractivity contribution in [2.24, 2.45) is 5.92 Å². The number of aliphatic hydroxyl groups is 1. The van der Waals surface area contributed by atoms with E-state index in [-0.39, 0.29) is 18.4 Å². The zero-order valence-corrected chi connectivity index (χ0v) is 9.82. The molecule has 0 spiro atoms. The molecular formula is C13H21NO2. The molecule has 3 nitrogen and oxygen atoms in total. The molecule has 1 unspecified atom stereocenters. The molecule has 1 heterocycles. The van der Waals surface area contributed by atoms with Crippen LogP contribution >= 0.6 is 0 Å². The minimum atomic E-state index is 0.195. The van der Waals surface area contributed by atoms with Crippen LogP contribution in [-0.4, -0.2) is 35.6 Å². The molecule has 0 radical (unpaired) electrons. The first-order chi connectivity index (χ1) is 7.77. The van der Waals surface area contributed by atoms with E-state index < -0.39 is 0 Å². The van der Waals surface area contributed by atoms with Crippen LogP contribution in [0.5, 0.6) is 0 Å². The smallest absolute Gasteiger partial charge is 0.222 e. The Bertz CT molecular complexity index is 257. The van der Waals surface area contributed by atoms with E-state index in [9.17, 15) is 4.79 Å². The van der Waals surface area contributed by atoms with Gasteiger partial charge in [0.25, 0.3) is 0 Å². The minimum Gasteiger partial charge on any atom is -0.396 e. The number of terminal acetylenes is 1. The molecule has 1 atom stereocenters. The number of hydrogen-bond donors (Lipinski definition) is 1. The quantitative estimate of drug-likeness (QED) is 0.565. The monoisotopic (exact) mass is 223 g/mol. The molecule has 3 heteroatoms. The van der Waals surface area contributed by atoms with Crippen molar-refractivity contribution in [2.75, 3.05) is 19.7 Å². The normalized spacial score (nSPS) is 20.5. The Labute approximate surface area is 97.8 Å². The molecule has 16 heavy (non-hydrogen) atoms. The number of carbonyl (C=O) groups is 1. The van der Waals surface area contributed by atoms with Gasteiger partial charge in [-0.1, -0.05) is 0 Å². The zero-order valence-electron chi connectivity index (χ0n) is 9.82. The van der Waals surface area contributed by atoms with Crippen molar-refractivity contribution in [1.29, 1.82) is 0 Å². The summed E-state index contributed by atoms with van der Waals surface area (Å²) in [5, 5.41) is 9.08. The Balaban J connectivity index is 2.22. The Kier molecular flexibility index (Phi) is 5.95. The number of aliphatic hydroxyl groups excluding tert-OH is 1. The maximum atomic E-state index is 11.8. The molecule has 1 fully saturated rings. The van der Waals surface area contributed by atoms with E-state index in [0.29, 0.717) is 6.42 Å². The first-order valence-corrected chi connectivity index (χ1v) is 6.10. The van der Waals surface area contributed by atoms with Gasteiger partial charge >= 0.3 is 0 Å². The van der Waals surface area contributed by atoms with Gasteiger partial charge in [-0.15, -0.1) is 12.3 Å². The van der Waals surface area contributed by atoms with Crippen molar-refractivity contribution in [2.45, 2.75) is 38.5 Å². The summed E-state index contributed by atoms with van der Waals surface area (Å²) in [6.07, 6.45) is 10.4. The predicted molar refractivity (Wildman–Crippen MR) is 63.7 cm³/mol. The lowest BCUT2D eigenvalue weighted by Gasteiger charge is -2.31. The first-order valence-electron chi connectivity index (χ1n) is 6.10. The van der Waals surface area contributed by atoms with Gasteiger partial charge in [0, 0.05) is 32.5 Å². The summed E-state index contributed by atoms with van der Waals surface area (Å²) in [5.74, 6) is 3.08. The van der Waals surface area contributed by atoms with Gasteiger partial charge in [0.1, 0.15) is 0 Å². The van der Waals surface area contributed by atoms with Crippen molar-refractivity contribution in [3.05, 3.63) is 0 Å². The number of amides is 1. The van der Waals surface area contributed by atoms with Crippen molar-refractivity contribution < 1.29 is 9.90 Å². The lowest BCUT2D eigenvalue weighted by atomic mass is 9.98. The first kappa shape index (κ1) is 13.1. The van der Waals surface area contributed by atoms with E-state index in [4.69, 9.17) is 11.5 Å². The van der Waals surface area contributed by atoms with Gasteiger partial charge in [0.2, 0.25) is 5.91 Å². The van der Waals surface area contributed by atoms with Crippen LogP contribution in [0.1, 0.15) is 38.5 Å². The van der Waals surface area contributed by atoms with Gasteiger partial charge in [-0.3, -0.25) is 4.79 Å². The molecule has 1 amide bonds. The molecule has 1 rings (SSSR count). The maximum Gasteiger partial charge on any atom is 0.222 e. The summed E-state index contributed by atoms with van der Waals surface area (Å²) in [6.45, 7) is 1.77. The highest BCUT2D eigenvalue weighted by molar-refractivity contribution is 5.76. The van der Waals surface area contributed by atoms with Crippen LogP contribution in [0.4, 0.5) is 0 Å². The van der Waals surface area contributed by atoms with E-state index >= 15 is 0 Å². The summed E-state index contributed by atoms with van der Waals surface area (Å²) in [7, 11) is 0. The lowest BCUT2D eigenvalue weighted by molar-refractivity contribution is -0.133. The highest BCUT2D eigenvalue weighted by atomic mass is 16.3. The van der Waals surface area contributed by atoms with Gasteiger partial charge in [-0.25, -0.2) is 0 Å². The Hall–Kier alpha value is -1.01. The third-order valence-electron chi connectivity index (χ3n) is 3.09. The lowest BCUT2D eigenvalue weighted by Crippen LogP contribution is -2.40. The molecular weight excluding hydrogens is 202 g/mol. The molecule has 1 aliphatic heterocycles. The molecule has 90 valence electrons. The average molecular weight is 223 g/mol. The number of unbranched alkanes of at least 4 members (excludes halogenated alkanes) is 2. The second kappa shape index (κ2) is 7.29. The van der Waals surface area contributed by atoms with Gasteiger partial charge < -0.3 is 10.0 Å². The number of likely N-dealkylation sites (tertiary alicyclic amines) is 1. The van der Waals surface area contributed by atoms with Gasteiger partial charge in [0.05, 0.1) is 0 Å². The number of rotatable bonds is 5. The fourth-order valence-corrected chi connectivity index (χ4v) is 2.10. The number of piperidine rings is 1. The molecule has 0 aromatic carbocycles. The van der Waals surface area contributed by atoms with Crippen LogP contribution in [0.2, 0.25) is 0 Å². The van der Waals surface area contributed by atoms with Crippen LogP contribution < -0.4 is 0 Å². The van der Waals surface area contributed by atoms with Crippen molar-refractivity contribution in [3.8, 4) is 12.3 Å². The summed E-state index contributed by atoms with van der Waals surface area (Å²) in [5.41, 5.74) is 0. The predicted octanol–water partition coefficient (Wildman–Crippen LogP) is 1.41. The Morgan fingerprint density at radius 1 is 1.50 bits per heavy atom. The highest BCUT2D eigenvalue weighted by Gasteiger charge is 2.22. The van der Waals surface area contributed by atoms with Crippen molar-refractivity contribution in [1.82, 2.24) is 4.90 Å². The second-order valence-corrected chi connectivity index (χ2v) is 4.44. The third kappa shape index (κ3) is 4.24. The van der Waals surface area contributed by atoms with Crippen LogP contribution in [0.3, 0.4) is 0 Å². The minimum absolute atomic E-state index is 0.195. The summed E-state index contributed by atoms with van der Waals surface area (Å²) >= 11 is 0. The summed E-state index contributed by atoms with van der Waals surface area (Å²) < 4.78 is 0. The van der Waals surface area contributed by atoms with Crippen LogP contribution in [0, 0.1) is 18.3 Å². The molecule has 0 aliphatic carbocycles. The number of hydrogen-bond acceptors (Lipinski definition) is 2. The Morgan fingerprint density at radius 3 is 3.00 bits per heavy atom. The van der Waals surface area contributed by atoms with Gasteiger partial charge in [0.15, 0.2) is 0 Å². The maximum absolute atomic E-state index is 11.8. The van der Waals surface area contributed by atoms with Gasteiger partial charge in [-0.2, -0.15) is 0 Å². The topological polar surface area (TPSA) is 40.5 Å². The van der Waals surface area contributed by atoms with Crippen LogP contribution in [-0.2, 0) is 4.79 Å². The highest BCUT2D eigenvalue weighted by Crippen LogP contribution is 2.17. The van der Waals surface area contributed by atoms with Crippen molar-refractivity contribution in [3.63, 3.8) is 0 Å². The summed E-state index contributed by atoms with van der Waals surface area (Å²) in [4.78, 5) is 13.7. The van der Waals surface area contributed by atoms with Crippen LogP contribution in [0.15, 0.2) is 0 Å².